The van der Waals surface area contributed by atoms with Gasteiger partial charge in [-0.25, -0.2) is 9.37 Å². The predicted molar refractivity (Wildman–Crippen MR) is 147 cm³/mol. The van der Waals surface area contributed by atoms with Crippen molar-refractivity contribution in [1.29, 1.82) is 0 Å². The number of carbonyl (C=O) groups excluding carboxylic acids is 1. The second-order valence-corrected chi connectivity index (χ2v) is 9.91. The van der Waals surface area contributed by atoms with Gasteiger partial charge in [0.1, 0.15) is 23.5 Å². The molecule has 1 aliphatic heterocycles. The normalized spacial score (nSPS) is 14.9. The molecule has 204 valence electrons. The molecule has 39 heavy (non-hydrogen) atoms. The first-order valence-corrected chi connectivity index (χ1v) is 13.2. The van der Waals surface area contributed by atoms with Crippen LogP contribution in [0.5, 0.6) is 5.75 Å². The topological polar surface area (TPSA) is 112 Å². The molecule has 4 aromatic rings. The third-order valence-corrected chi connectivity index (χ3v) is 7.21. The van der Waals surface area contributed by atoms with Gasteiger partial charge >= 0.3 is 0 Å². The molecule has 0 spiro atoms. The summed E-state index contributed by atoms with van der Waals surface area (Å²) in [6, 6.07) is 9.21. The third-order valence-electron chi connectivity index (χ3n) is 6.49. The van der Waals surface area contributed by atoms with Gasteiger partial charge in [-0.15, -0.1) is 0 Å². The highest BCUT2D eigenvalue weighted by Gasteiger charge is 2.20. The molecule has 2 aromatic heterocycles. The van der Waals surface area contributed by atoms with Crippen molar-refractivity contribution >= 4 is 40.1 Å². The Hall–Kier alpha value is -3.44. The molecule has 1 atom stereocenters. The number of rotatable bonds is 8. The summed E-state index contributed by atoms with van der Waals surface area (Å²) in [7, 11) is 0. The van der Waals surface area contributed by atoms with E-state index in [2.05, 4.69) is 25.2 Å². The highest BCUT2D eigenvalue weighted by Crippen LogP contribution is 2.35. The number of aromatic amines is 2. The maximum Gasteiger partial charge on any atom is 0.259 e. The molecular weight excluding hydrogens is 548 g/mol. The van der Waals surface area contributed by atoms with E-state index < -0.39 is 17.5 Å². The molecular formula is C27H26Cl2FN5O4. The smallest absolute Gasteiger partial charge is 0.259 e. The van der Waals surface area contributed by atoms with Crippen LogP contribution >= 0.6 is 23.2 Å². The number of morpholine rings is 1. The molecule has 9 nitrogen and oxygen atoms in total. The standard InChI is InChI=1S/C27H26Cl2FN5O4/c1-15(23-19(28)3-4-20(30)24(23)29)39-17-13-18(27(37)32-14-17)25-33-21-5-2-16(12-22(21)34-25)26(36)31-6-7-35-8-10-38-11-9-35/h2-5,12-15H,6-11H2,1H3,(H,31,36)(H,32,37)(H,33,34)/t15-/m1/s1. The van der Waals surface area contributed by atoms with Crippen molar-refractivity contribution in [2.45, 2.75) is 13.0 Å². The number of nitrogens with one attached hydrogen (secondary N) is 3. The Kier molecular flexibility index (Phi) is 8.18. The molecule has 0 bridgehead atoms. The quantitative estimate of drug-likeness (QED) is 0.266. The van der Waals surface area contributed by atoms with Crippen LogP contribution in [0.3, 0.4) is 0 Å². The first kappa shape index (κ1) is 27.1. The van der Waals surface area contributed by atoms with Crippen LogP contribution in [-0.2, 0) is 4.74 Å². The van der Waals surface area contributed by atoms with Crippen LogP contribution in [-0.4, -0.2) is 65.2 Å². The molecule has 0 aliphatic carbocycles. The minimum atomic E-state index is -0.709. The number of hydrogen-bond donors (Lipinski definition) is 3. The van der Waals surface area contributed by atoms with Crippen LogP contribution in [0, 0.1) is 5.82 Å². The molecule has 12 heteroatoms. The fourth-order valence-electron chi connectivity index (χ4n) is 4.42. The number of imidazole rings is 1. The molecule has 1 saturated heterocycles. The number of aromatic nitrogens is 3. The minimum Gasteiger partial charge on any atom is -0.484 e. The van der Waals surface area contributed by atoms with Crippen LogP contribution in [0.1, 0.15) is 28.9 Å². The van der Waals surface area contributed by atoms with E-state index in [9.17, 15) is 14.0 Å². The van der Waals surface area contributed by atoms with E-state index in [1.807, 2.05) is 0 Å². The number of amides is 1. The number of carbonyl (C=O) groups is 1. The average molecular weight is 574 g/mol. The summed E-state index contributed by atoms with van der Waals surface area (Å²) in [6.45, 7) is 6.08. The zero-order valence-corrected chi connectivity index (χ0v) is 22.5. The number of benzene rings is 2. The SMILES string of the molecule is C[C@@H](Oc1c[nH]c(=O)c(-c2nc3ccc(C(=O)NCCN4CCOCC4)cc3[nH]2)c1)c1c(Cl)ccc(F)c1Cl. The van der Waals surface area contributed by atoms with Crippen LogP contribution in [0.2, 0.25) is 10.0 Å². The van der Waals surface area contributed by atoms with Crippen LogP contribution in [0.25, 0.3) is 22.4 Å². The van der Waals surface area contributed by atoms with Gasteiger partial charge in [-0.05, 0) is 43.3 Å². The Bertz CT molecular complexity index is 1570. The Balaban J connectivity index is 1.32. The molecule has 3 N–H and O–H groups in total. The molecule has 0 saturated carbocycles. The van der Waals surface area contributed by atoms with E-state index in [0.29, 0.717) is 53.5 Å². The summed E-state index contributed by atoms with van der Waals surface area (Å²) in [5.74, 6) is -0.204. The summed E-state index contributed by atoms with van der Waals surface area (Å²) >= 11 is 12.3. The summed E-state index contributed by atoms with van der Waals surface area (Å²) in [4.78, 5) is 37.8. The highest BCUT2D eigenvalue weighted by molar-refractivity contribution is 6.36. The Morgan fingerprint density at radius 3 is 2.82 bits per heavy atom. The lowest BCUT2D eigenvalue weighted by Crippen LogP contribution is -2.41. The van der Waals surface area contributed by atoms with E-state index in [0.717, 1.165) is 19.6 Å². The lowest BCUT2D eigenvalue weighted by atomic mass is 10.1. The van der Waals surface area contributed by atoms with Crippen molar-refractivity contribution in [3.05, 3.63) is 79.9 Å². The Morgan fingerprint density at radius 2 is 2.03 bits per heavy atom. The molecule has 5 rings (SSSR count). The first-order chi connectivity index (χ1) is 18.8. The van der Waals surface area contributed by atoms with Crippen molar-refractivity contribution in [3.63, 3.8) is 0 Å². The zero-order chi connectivity index (χ0) is 27.5. The molecule has 1 amide bonds. The van der Waals surface area contributed by atoms with Gasteiger partial charge in [0, 0.05) is 48.5 Å². The van der Waals surface area contributed by atoms with Crippen molar-refractivity contribution in [3.8, 4) is 17.1 Å². The van der Waals surface area contributed by atoms with E-state index in [-0.39, 0.29) is 21.5 Å². The number of ether oxygens (including phenoxy) is 2. The second kappa shape index (κ2) is 11.7. The minimum absolute atomic E-state index is 0.127. The third kappa shape index (κ3) is 6.09. The van der Waals surface area contributed by atoms with Gasteiger partial charge in [0.15, 0.2) is 0 Å². The van der Waals surface area contributed by atoms with Crippen LogP contribution in [0.4, 0.5) is 4.39 Å². The molecule has 3 heterocycles. The Morgan fingerprint density at radius 1 is 1.23 bits per heavy atom. The van der Waals surface area contributed by atoms with Gasteiger partial charge in [0.25, 0.3) is 11.5 Å². The number of hydrogen-bond acceptors (Lipinski definition) is 6. The van der Waals surface area contributed by atoms with Crippen molar-refractivity contribution in [2.24, 2.45) is 0 Å². The van der Waals surface area contributed by atoms with E-state index >= 15 is 0 Å². The largest absolute Gasteiger partial charge is 0.484 e. The molecule has 2 aromatic carbocycles. The summed E-state index contributed by atoms with van der Waals surface area (Å²) in [5, 5.41) is 3.07. The molecule has 0 unspecified atom stereocenters. The van der Waals surface area contributed by atoms with Gasteiger partial charge in [-0.1, -0.05) is 23.2 Å². The first-order valence-electron chi connectivity index (χ1n) is 12.4. The fourth-order valence-corrected chi connectivity index (χ4v) is 5.10. The van der Waals surface area contributed by atoms with Crippen molar-refractivity contribution < 1.29 is 18.7 Å². The number of pyridine rings is 1. The van der Waals surface area contributed by atoms with E-state index in [1.165, 1.54) is 24.4 Å². The van der Waals surface area contributed by atoms with Crippen molar-refractivity contribution in [2.75, 3.05) is 39.4 Å². The van der Waals surface area contributed by atoms with E-state index in [4.69, 9.17) is 32.7 Å². The van der Waals surface area contributed by atoms with Crippen LogP contribution in [0.15, 0.2) is 47.4 Å². The lowest BCUT2D eigenvalue weighted by Gasteiger charge is -2.26. The van der Waals surface area contributed by atoms with Crippen LogP contribution < -0.4 is 15.6 Å². The molecule has 1 aliphatic rings. The number of nitrogens with zero attached hydrogens (tertiary/aromatic N) is 2. The number of fused-ring (bicyclic) bond motifs is 1. The number of halogens is 3. The summed E-state index contributed by atoms with van der Waals surface area (Å²) in [6.07, 6.45) is 0.685. The Labute approximate surface area is 233 Å². The lowest BCUT2D eigenvalue weighted by molar-refractivity contribution is 0.0383. The van der Waals surface area contributed by atoms with Gasteiger partial charge in [0.2, 0.25) is 0 Å². The molecule has 1 fully saturated rings. The van der Waals surface area contributed by atoms with E-state index in [1.54, 1.807) is 25.1 Å². The van der Waals surface area contributed by atoms with Gasteiger partial charge < -0.3 is 24.8 Å². The average Bonchev–Trinajstić information content (AvgIpc) is 3.36. The maximum atomic E-state index is 14.0. The predicted octanol–water partition coefficient (Wildman–Crippen LogP) is 4.57. The van der Waals surface area contributed by atoms with Gasteiger partial charge in [-0.3, -0.25) is 14.5 Å². The maximum absolute atomic E-state index is 14.0. The highest BCUT2D eigenvalue weighted by atomic mass is 35.5. The van der Waals surface area contributed by atoms with Gasteiger partial charge in [0.05, 0.1) is 34.8 Å². The monoisotopic (exact) mass is 573 g/mol. The molecule has 0 radical (unpaired) electrons. The van der Waals surface area contributed by atoms with Gasteiger partial charge in [-0.2, -0.15) is 0 Å². The summed E-state index contributed by atoms with van der Waals surface area (Å²) in [5.41, 5.74) is 1.80. The van der Waals surface area contributed by atoms with Crippen molar-refractivity contribution in [1.82, 2.24) is 25.2 Å². The fraction of sp³-hybridized carbons (Fsp3) is 0.296. The zero-order valence-electron chi connectivity index (χ0n) is 21.0. The second-order valence-electron chi connectivity index (χ2n) is 9.12. The number of H-pyrrole nitrogens is 2. The summed E-state index contributed by atoms with van der Waals surface area (Å²) < 4.78 is 25.3.